The van der Waals surface area contributed by atoms with E-state index in [9.17, 15) is 5.11 Å². The average molecular weight is 211 g/mol. The average Bonchev–Trinajstić information content (AvgIpc) is 2.56. The van der Waals surface area contributed by atoms with Crippen molar-refractivity contribution in [1.29, 1.82) is 0 Å². The number of likely N-dealkylation sites (tertiary alicyclic amines) is 1. The van der Waals surface area contributed by atoms with Gasteiger partial charge in [-0.3, -0.25) is 0 Å². The molecular weight excluding hydrogens is 186 g/mol. The molecule has 1 N–H and O–H groups in total. The standard InChI is InChI=1S/C13H25NO/c1-13(2)6-8-14(9-7-13)10-11-4-3-5-12(11)15/h11-12,15H,3-10H2,1-2H3. The first kappa shape index (κ1) is 11.4. The van der Waals surface area contributed by atoms with Gasteiger partial charge in [0.15, 0.2) is 0 Å². The lowest BCUT2D eigenvalue weighted by molar-refractivity contribution is 0.0723. The minimum absolute atomic E-state index is 0.0139. The van der Waals surface area contributed by atoms with Gasteiger partial charge >= 0.3 is 0 Å². The SMILES string of the molecule is CC1(C)CCN(CC2CCCC2O)CC1. The van der Waals surface area contributed by atoms with Gasteiger partial charge in [0.05, 0.1) is 6.10 Å². The summed E-state index contributed by atoms with van der Waals surface area (Å²) in [7, 11) is 0. The van der Waals surface area contributed by atoms with Crippen LogP contribution in [0.2, 0.25) is 0 Å². The van der Waals surface area contributed by atoms with E-state index in [4.69, 9.17) is 0 Å². The number of nitrogens with zero attached hydrogens (tertiary/aromatic N) is 1. The Kier molecular flexibility index (Phi) is 3.36. The molecule has 2 nitrogen and oxygen atoms in total. The Morgan fingerprint density at radius 2 is 1.87 bits per heavy atom. The van der Waals surface area contributed by atoms with Gasteiger partial charge in [-0.05, 0) is 50.1 Å². The van der Waals surface area contributed by atoms with E-state index >= 15 is 0 Å². The lowest BCUT2D eigenvalue weighted by Gasteiger charge is -2.38. The smallest absolute Gasteiger partial charge is 0.0580 e. The summed E-state index contributed by atoms with van der Waals surface area (Å²) in [4.78, 5) is 2.56. The van der Waals surface area contributed by atoms with Crippen LogP contribution in [0.4, 0.5) is 0 Å². The second kappa shape index (κ2) is 4.42. The third kappa shape index (κ3) is 2.94. The van der Waals surface area contributed by atoms with Gasteiger partial charge in [-0.25, -0.2) is 0 Å². The fourth-order valence-corrected chi connectivity index (χ4v) is 2.90. The summed E-state index contributed by atoms with van der Waals surface area (Å²) in [6.07, 6.45) is 6.11. The van der Waals surface area contributed by atoms with Gasteiger partial charge in [-0.1, -0.05) is 20.3 Å². The number of rotatable bonds is 2. The van der Waals surface area contributed by atoms with E-state index in [-0.39, 0.29) is 6.10 Å². The number of piperidine rings is 1. The molecule has 2 fully saturated rings. The molecule has 1 aliphatic carbocycles. The highest BCUT2D eigenvalue weighted by Crippen LogP contribution is 2.32. The molecule has 88 valence electrons. The third-order valence-electron chi connectivity index (χ3n) is 4.32. The molecule has 0 aromatic rings. The van der Waals surface area contributed by atoms with E-state index in [1.165, 1.54) is 38.8 Å². The quantitative estimate of drug-likeness (QED) is 0.757. The van der Waals surface area contributed by atoms with Crippen molar-refractivity contribution in [1.82, 2.24) is 4.90 Å². The summed E-state index contributed by atoms with van der Waals surface area (Å²) in [6, 6.07) is 0. The Labute approximate surface area is 93.7 Å². The first-order valence-electron chi connectivity index (χ1n) is 6.47. The van der Waals surface area contributed by atoms with Crippen LogP contribution in [0, 0.1) is 11.3 Å². The first-order chi connectivity index (χ1) is 7.07. The molecule has 0 radical (unpaired) electrons. The molecule has 2 unspecified atom stereocenters. The van der Waals surface area contributed by atoms with Gasteiger partial charge in [0.1, 0.15) is 0 Å². The Morgan fingerprint density at radius 3 is 2.40 bits per heavy atom. The van der Waals surface area contributed by atoms with E-state index in [1.54, 1.807) is 0 Å². The Bertz CT molecular complexity index is 205. The second-order valence-electron chi connectivity index (χ2n) is 6.22. The zero-order valence-corrected chi connectivity index (χ0v) is 10.2. The molecule has 1 saturated heterocycles. The van der Waals surface area contributed by atoms with Crippen molar-refractivity contribution in [2.24, 2.45) is 11.3 Å². The summed E-state index contributed by atoms with van der Waals surface area (Å²) in [5.41, 5.74) is 0.546. The van der Waals surface area contributed by atoms with E-state index < -0.39 is 0 Å². The fourth-order valence-electron chi connectivity index (χ4n) is 2.90. The van der Waals surface area contributed by atoms with Gasteiger partial charge in [0.25, 0.3) is 0 Å². The molecule has 2 atom stereocenters. The van der Waals surface area contributed by atoms with Crippen molar-refractivity contribution in [3.63, 3.8) is 0 Å². The number of hydrogen-bond donors (Lipinski definition) is 1. The molecule has 0 amide bonds. The fraction of sp³-hybridized carbons (Fsp3) is 1.00. The van der Waals surface area contributed by atoms with Gasteiger partial charge < -0.3 is 10.0 Å². The Morgan fingerprint density at radius 1 is 1.20 bits per heavy atom. The number of aliphatic hydroxyl groups excluding tert-OH is 1. The highest BCUT2D eigenvalue weighted by Gasteiger charge is 2.30. The van der Waals surface area contributed by atoms with Crippen LogP contribution < -0.4 is 0 Å². The lowest BCUT2D eigenvalue weighted by atomic mass is 9.82. The zero-order chi connectivity index (χ0) is 10.9. The van der Waals surface area contributed by atoms with Crippen molar-refractivity contribution in [3.05, 3.63) is 0 Å². The van der Waals surface area contributed by atoms with Crippen LogP contribution >= 0.6 is 0 Å². The summed E-state index contributed by atoms with van der Waals surface area (Å²) >= 11 is 0. The molecule has 1 heterocycles. The maximum atomic E-state index is 9.80. The zero-order valence-electron chi connectivity index (χ0n) is 10.2. The number of aliphatic hydroxyl groups is 1. The summed E-state index contributed by atoms with van der Waals surface area (Å²) in [5, 5.41) is 9.80. The minimum atomic E-state index is -0.0139. The molecule has 0 bridgehead atoms. The van der Waals surface area contributed by atoms with E-state index in [2.05, 4.69) is 18.7 Å². The minimum Gasteiger partial charge on any atom is -0.393 e. The molecule has 1 saturated carbocycles. The monoisotopic (exact) mass is 211 g/mol. The maximum Gasteiger partial charge on any atom is 0.0580 e. The van der Waals surface area contributed by atoms with Crippen LogP contribution in [0.15, 0.2) is 0 Å². The van der Waals surface area contributed by atoms with Crippen LogP contribution in [0.3, 0.4) is 0 Å². The second-order valence-corrected chi connectivity index (χ2v) is 6.22. The Hall–Kier alpha value is -0.0800. The largest absolute Gasteiger partial charge is 0.393 e. The van der Waals surface area contributed by atoms with Crippen molar-refractivity contribution in [2.75, 3.05) is 19.6 Å². The van der Waals surface area contributed by atoms with Crippen LogP contribution in [-0.2, 0) is 0 Å². The predicted octanol–water partition coefficient (Wildman–Crippen LogP) is 2.27. The summed E-state index contributed by atoms with van der Waals surface area (Å²) in [5.74, 6) is 0.561. The first-order valence-corrected chi connectivity index (χ1v) is 6.47. The maximum absolute atomic E-state index is 9.80. The normalized spacial score (nSPS) is 37.0. The van der Waals surface area contributed by atoms with E-state index in [1.807, 2.05) is 0 Å². The highest BCUT2D eigenvalue weighted by atomic mass is 16.3. The summed E-state index contributed by atoms with van der Waals surface area (Å²) < 4.78 is 0. The molecule has 1 aliphatic heterocycles. The van der Waals surface area contributed by atoms with Crippen molar-refractivity contribution >= 4 is 0 Å². The molecule has 0 aromatic heterocycles. The van der Waals surface area contributed by atoms with Crippen molar-refractivity contribution in [3.8, 4) is 0 Å². The van der Waals surface area contributed by atoms with Crippen LogP contribution in [-0.4, -0.2) is 35.7 Å². The van der Waals surface area contributed by atoms with Crippen LogP contribution in [0.1, 0.15) is 46.0 Å². The molecule has 2 heteroatoms. The van der Waals surface area contributed by atoms with Crippen molar-refractivity contribution in [2.45, 2.75) is 52.1 Å². The van der Waals surface area contributed by atoms with E-state index in [0.29, 0.717) is 11.3 Å². The predicted molar refractivity (Wildman–Crippen MR) is 62.8 cm³/mol. The topological polar surface area (TPSA) is 23.5 Å². The van der Waals surface area contributed by atoms with Crippen LogP contribution in [0.5, 0.6) is 0 Å². The summed E-state index contributed by atoms with van der Waals surface area (Å²) in [6.45, 7) is 8.34. The molecular formula is C13H25NO. The molecule has 0 aromatic carbocycles. The van der Waals surface area contributed by atoms with Crippen molar-refractivity contribution < 1.29 is 5.11 Å². The number of hydrogen-bond acceptors (Lipinski definition) is 2. The van der Waals surface area contributed by atoms with Crippen LogP contribution in [0.25, 0.3) is 0 Å². The molecule has 0 spiro atoms. The third-order valence-corrected chi connectivity index (χ3v) is 4.32. The van der Waals surface area contributed by atoms with Gasteiger partial charge in [-0.15, -0.1) is 0 Å². The molecule has 2 aliphatic rings. The Balaban J connectivity index is 1.77. The lowest BCUT2D eigenvalue weighted by Crippen LogP contribution is -2.41. The van der Waals surface area contributed by atoms with Gasteiger partial charge in [-0.2, -0.15) is 0 Å². The highest BCUT2D eigenvalue weighted by molar-refractivity contribution is 4.83. The van der Waals surface area contributed by atoms with E-state index in [0.717, 1.165) is 13.0 Å². The van der Waals surface area contributed by atoms with Gasteiger partial charge in [0.2, 0.25) is 0 Å². The molecule has 15 heavy (non-hydrogen) atoms. The molecule has 2 rings (SSSR count). The van der Waals surface area contributed by atoms with Gasteiger partial charge in [0, 0.05) is 6.54 Å².